The molecular weight excluding hydrogens is 236 g/mol. The summed E-state index contributed by atoms with van der Waals surface area (Å²) in [5.74, 6) is 0. The molecule has 0 fully saturated rings. The van der Waals surface area contributed by atoms with Gasteiger partial charge in [0.15, 0.2) is 0 Å². The van der Waals surface area contributed by atoms with Crippen LogP contribution in [-0.2, 0) is 13.1 Å². The van der Waals surface area contributed by atoms with Gasteiger partial charge in [-0.15, -0.1) is 0 Å². The van der Waals surface area contributed by atoms with Crippen molar-refractivity contribution in [1.29, 1.82) is 0 Å². The highest BCUT2D eigenvalue weighted by atomic mass is 15.0. The van der Waals surface area contributed by atoms with Crippen LogP contribution in [0.15, 0.2) is 55.2 Å². The summed E-state index contributed by atoms with van der Waals surface area (Å²) in [7, 11) is 0. The van der Waals surface area contributed by atoms with Gasteiger partial charge in [-0.1, -0.05) is 12.1 Å². The molecule has 0 amide bonds. The van der Waals surface area contributed by atoms with Gasteiger partial charge in [-0.2, -0.15) is 0 Å². The smallest absolute Gasteiger partial charge is 0.0946 e. The standard InChI is InChI=1S/C15H16N4/c1-2-14-10-13(3-4-15(14)18-5-1)11-16-6-8-19-9-7-17-12-19/h1-5,7,9-10,12,16H,6,8,11H2. The molecule has 1 N–H and O–H groups in total. The number of fused-ring (bicyclic) bond motifs is 1. The van der Waals surface area contributed by atoms with Crippen LogP contribution in [0.25, 0.3) is 10.9 Å². The second-order valence-electron chi connectivity index (χ2n) is 4.51. The number of hydrogen-bond acceptors (Lipinski definition) is 3. The van der Waals surface area contributed by atoms with Crippen molar-refractivity contribution >= 4 is 10.9 Å². The molecule has 0 saturated carbocycles. The molecule has 3 aromatic rings. The molecule has 0 atom stereocenters. The van der Waals surface area contributed by atoms with Crippen LogP contribution in [0.2, 0.25) is 0 Å². The Bertz CT molecular complexity index is 646. The van der Waals surface area contributed by atoms with E-state index in [0.717, 1.165) is 25.2 Å². The summed E-state index contributed by atoms with van der Waals surface area (Å²) in [6.07, 6.45) is 7.44. The Morgan fingerprint density at radius 3 is 3.05 bits per heavy atom. The van der Waals surface area contributed by atoms with Crippen LogP contribution < -0.4 is 5.32 Å². The minimum atomic E-state index is 0.875. The lowest BCUT2D eigenvalue weighted by Crippen LogP contribution is -2.18. The van der Waals surface area contributed by atoms with Gasteiger partial charge in [-0.05, 0) is 23.8 Å². The van der Waals surface area contributed by atoms with E-state index in [4.69, 9.17) is 0 Å². The largest absolute Gasteiger partial charge is 0.336 e. The molecule has 0 aliphatic carbocycles. The number of benzene rings is 1. The van der Waals surface area contributed by atoms with Crippen LogP contribution in [0, 0.1) is 0 Å². The molecular formula is C15H16N4. The van der Waals surface area contributed by atoms with E-state index in [1.54, 1.807) is 6.20 Å². The van der Waals surface area contributed by atoms with Crippen molar-refractivity contribution in [3.05, 3.63) is 60.8 Å². The molecule has 4 heteroatoms. The molecule has 0 aliphatic heterocycles. The third-order valence-electron chi connectivity index (χ3n) is 3.10. The fraction of sp³-hybridized carbons (Fsp3) is 0.200. The molecule has 3 rings (SSSR count). The van der Waals surface area contributed by atoms with E-state index in [1.165, 1.54) is 10.9 Å². The van der Waals surface area contributed by atoms with Gasteiger partial charge in [0.05, 0.1) is 11.8 Å². The molecule has 0 aliphatic rings. The Hall–Kier alpha value is -2.20. The number of imidazole rings is 1. The van der Waals surface area contributed by atoms with Gasteiger partial charge in [0.25, 0.3) is 0 Å². The lowest BCUT2D eigenvalue weighted by Gasteiger charge is -2.06. The maximum absolute atomic E-state index is 4.32. The SMILES string of the molecule is c1cnc2ccc(CNCCn3ccnc3)cc2c1. The molecule has 0 saturated heterocycles. The van der Waals surface area contributed by atoms with E-state index in [0.29, 0.717) is 0 Å². The van der Waals surface area contributed by atoms with E-state index in [2.05, 4.69) is 44.1 Å². The number of nitrogens with zero attached hydrogens (tertiary/aromatic N) is 3. The predicted octanol–water partition coefficient (Wildman–Crippen LogP) is 2.22. The number of rotatable bonds is 5. The summed E-state index contributed by atoms with van der Waals surface area (Å²) in [6.45, 7) is 2.75. The number of hydrogen-bond donors (Lipinski definition) is 1. The summed E-state index contributed by atoms with van der Waals surface area (Å²) in [4.78, 5) is 8.34. The Morgan fingerprint density at radius 1 is 1.16 bits per heavy atom. The van der Waals surface area contributed by atoms with Crippen LogP contribution >= 0.6 is 0 Å². The topological polar surface area (TPSA) is 42.7 Å². The molecule has 0 spiro atoms. The number of pyridine rings is 1. The van der Waals surface area contributed by atoms with Crippen molar-refractivity contribution in [3.8, 4) is 0 Å². The van der Waals surface area contributed by atoms with Crippen molar-refractivity contribution in [2.45, 2.75) is 13.1 Å². The van der Waals surface area contributed by atoms with Crippen molar-refractivity contribution in [2.24, 2.45) is 0 Å². The third kappa shape index (κ3) is 2.98. The maximum atomic E-state index is 4.32. The predicted molar refractivity (Wildman–Crippen MR) is 75.7 cm³/mol. The average Bonchev–Trinajstić information content (AvgIpc) is 2.97. The molecule has 0 radical (unpaired) electrons. The molecule has 4 nitrogen and oxygen atoms in total. The third-order valence-corrected chi connectivity index (χ3v) is 3.10. The molecule has 2 heterocycles. The first kappa shape index (κ1) is 11.9. The van der Waals surface area contributed by atoms with E-state index >= 15 is 0 Å². The second-order valence-corrected chi connectivity index (χ2v) is 4.51. The quantitative estimate of drug-likeness (QED) is 0.708. The fourth-order valence-electron chi connectivity index (χ4n) is 2.09. The van der Waals surface area contributed by atoms with E-state index in [-0.39, 0.29) is 0 Å². The van der Waals surface area contributed by atoms with E-state index in [9.17, 15) is 0 Å². The summed E-state index contributed by atoms with van der Waals surface area (Å²) in [6, 6.07) is 10.4. The lowest BCUT2D eigenvalue weighted by atomic mass is 10.1. The molecule has 2 aromatic heterocycles. The lowest BCUT2D eigenvalue weighted by molar-refractivity contribution is 0.597. The minimum absolute atomic E-state index is 0.875. The van der Waals surface area contributed by atoms with E-state index in [1.807, 2.05) is 24.8 Å². The van der Waals surface area contributed by atoms with Crippen LogP contribution in [0.5, 0.6) is 0 Å². The Labute approximate surface area is 112 Å². The minimum Gasteiger partial charge on any atom is -0.336 e. The number of aromatic nitrogens is 3. The summed E-state index contributed by atoms with van der Waals surface area (Å²) in [5.41, 5.74) is 2.33. The Morgan fingerprint density at radius 2 is 2.16 bits per heavy atom. The van der Waals surface area contributed by atoms with Crippen LogP contribution in [-0.4, -0.2) is 21.1 Å². The highest BCUT2D eigenvalue weighted by molar-refractivity contribution is 5.78. The van der Waals surface area contributed by atoms with Crippen molar-refractivity contribution < 1.29 is 0 Å². The highest BCUT2D eigenvalue weighted by Crippen LogP contribution is 2.12. The zero-order valence-electron chi connectivity index (χ0n) is 10.7. The van der Waals surface area contributed by atoms with Gasteiger partial charge < -0.3 is 9.88 Å². The number of nitrogens with one attached hydrogen (secondary N) is 1. The normalized spacial score (nSPS) is 10.9. The second kappa shape index (κ2) is 5.63. The molecule has 96 valence electrons. The first-order chi connectivity index (χ1) is 9.42. The summed E-state index contributed by atoms with van der Waals surface area (Å²) in [5, 5.41) is 4.63. The van der Waals surface area contributed by atoms with Crippen LogP contribution in [0.1, 0.15) is 5.56 Å². The summed E-state index contributed by atoms with van der Waals surface area (Å²) >= 11 is 0. The first-order valence-corrected chi connectivity index (χ1v) is 6.42. The molecule has 19 heavy (non-hydrogen) atoms. The monoisotopic (exact) mass is 252 g/mol. The van der Waals surface area contributed by atoms with Gasteiger partial charge in [-0.25, -0.2) is 4.98 Å². The summed E-state index contributed by atoms with van der Waals surface area (Å²) < 4.78 is 2.07. The highest BCUT2D eigenvalue weighted by Gasteiger charge is 1.97. The van der Waals surface area contributed by atoms with Crippen molar-refractivity contribution in [3.63, 3.8) is 0 Å². The zero-order chi connectivity index (χ0) is 12.9. The van der Waals surface area contributed by atoms with Gasteiger partial charge in [0.1, 0.15) is 0 Å². The van der Waals surface area contributed by atoms with Gasteiger partial charge in [-0.3, -0.25) is 4.98 Å². The van der Waals surface area contributed by atoms with E-state index < -0.39 is 0 Å². The molecule has 1 aromatic carbocycles. The first-order valence-electron chi connectivity index (χ1n) is 6.42. The zero-order valence-corrected chi connectivity index (χ0v) is 10.7. The molecule has 0 bridgehead atoms. The van der Waals surface area contributed by atoms with Crippen LogP contribution in [0.3, 0.4) is 0 Å². The average molecular weight is 252 g/mol. The van der Waals surface area contributed by atoms with Crippen LogP contribution in [0.4, 0.5) is 0 Å². The van der Waals surface area contributed by atoms with Gasteiger partial charge >= 0.3 is 0 Å². The Kier molecular flexibility index (Phi) is 3.51. The van der Waals surface area contributed by atoms with Gasteiger partial charge in [0, 0.05) is 43.6 Å². The van der Waals surface area contributed by atoms with Crippen molar-refractivity contribution in [1.82, 2.24) is 19.9 Å². The van der Waals surface area contributed by atoms with Crippen molar-refractivity contribution in [2.75, 3.05) is 6.54 Å². The fourth-order valence-corrected chi connectivity index (χ4v) is 2.09. The Balaban J connectivity index is 1.56. The molecule has 0 unspecified atom stereocenters. The van der Waals surface area contributed by atoms with Gasteiger partial charge in [0.2, 0.25) is 0 Å². The maximum Gasteiger partial charge on any atom is 0.0946 e.